The van der Waals surface area contributed by atoms with E-state index in [0.29, 0.717) is 44.1 Å². The van der Waals surface area contributed by atoms with Crippen molar-refractivity contribution < 1.29 is 65.9 Å². The third kappa shape index (κ3) is 24.7. The van der Waals surface area contributed by atoms with E-state index < -0.39 is 62.9 Å². The van der Waals surface area contributed by atoms with Crippen LogP contribution in [0.5, 0.6) is 11.5 Å². The molecule has 18 heteroatoms. The summed E-state index contributed by atoms with van der Waals surface area (Å²) in [5, 5.41) is 20.9. The SMILES string of the molecule is C.CC1(C)C=C(O[Si](C)(C)C)C=C(O[Si](C)(C)C)C1.C[C@H]1C/C=C/[C@H]2OC(C)(C)O[C@H]2CCC(O[Si](C)(C)C(C)(C)C)CC#CC(=O)O1.C[C@H]1C/C=C/[C@H]2OC(C)(C)O[C@H]2CCC(O[Si](C)(C)C(C)(C)C)Cc2cc(O)cc(O)c2C(=O)O1. The fourth-order valence-electron chi connectivity index (χ4n) is 9.71. The van der Waals surface area contributed by atoms with Gasteiger partial charge in [0.2, 0.25) is 16.6 Å². The Hall–Kier alpha value is -3.49. The van der Waals surface area contributed by atoms with E-state index in [0.717, 1.165) is 30.8 Å². The lowest BCUT2D eigenvalue weighted by molar-refractivity contribution is -0.144. The second kappa shape index (κ2) is 29.0. The second-order valence-electron chi connectivity index (χ2n) is 29.7. The number of ether oxygens (including phenoxy) is 6. The fourth-order valence-corrected chi connectivity index (χ4v) is 14.2. The molecule has 4 heterocycles. The van der Waals surface area contributed by atoms with E-state index in [4.69, 9.17) is 46.1 Å². The lowest BCUT2D eigenvalue weighted by Gasteiger charge is -2.40. The van der Waals surface area contributed by atoms with Crippen molar-refractivity contribution >= 4 is 45.2 Å². The van der Waals surface area contributed by atoms with Crippen molar-refractivity contribution in [2.45, 2.75) is 298 Å². The Balaban J connectivity index is 0.000000341. The number of esters is 2. The van der Waals surface area contributed by atoms with Gasteiger partial charge in [-0.3, -0.25) is 0 Å². The fraction of sp³-hybridized carbons (Fsp3) is 0.723. The Labute approximate surface area is 506 Å². The lowest BCUT2D eigenvalue weighted by Crippen LogP contribution is -2.44. The zero-order chi connectivity index (χ0) is 62.2. The van der Waals surface area contributed by atoms with Gasteiger partial charge >= 0.3 is 11.9 Å². The first-order chi connectivity index (χ1) is 37.2. The van der Waals surface area contributed by atoms with Crippen molar-refractivity contribution in [2.75, 3.05) is 0 Å². The Morgan fingerprint density at radius 2 is 1.11 bits per heavy atom. The molecule has 8 atom stereocenters. The van der Waals surface area contributed by atoms with Gasteiger partial charge in [-0.15, -0.1) is 0 Å². The van der Waals surface area contributed by atoms with Crippen LogP contribution in [0.3, 0.4) is 0 Å². The molecule has 472 valence electrons. The molecule has 4 aliphatic heterocycles. The van der Waals surface area contributed by atoms with Gasteiger partial charge in [0.1, 0.15) is 47.2 Å². The lowest BCUT2D eigenvalue weighted by atomic mass is 9.85. The zero-order valence-corrected chi connectivity index (χ0v) is 58.9. The molecule has 0 aromatic heterocycles. The van der Waals surface area contributed by atoms with Crippen LogP contribution < -0.4 is 0 Å². The number of fused-ring (bicyclic) bond motifs is 3. The predicted molar refractivity (Wildman–Crippen MR) is 344 cm³/mol. The van der Waals surface area contributed by atoms with Gasteiger partial charge in [-0.25, -0.2) is 9.59 Å². The molecule has 0 radical (unpaired) electrons. The van der Waals surface area contributed by atoms with Gasteiger partial charge in [0, 0.05) is 49.9 Å². The molecule has 1 aliphatic carbocycles. The van der Waals surface area contributed by atoms with Crippen LogP contribution in [0.2, 0.25) is 75.5 Å². The number of hydrogen-bond donors (Lipinski definition) is 2. The van der Waals surface area contributed by atoms with E-state index >= 15 is 0 Å². The summed E-state index contributed by atoms with van der Waals surface area (Å²) in [5.74, 6) is 4.93. The van der Waals surface area contributed by atoms with Crippen LogP contribution in [0.25, 0.3) is 0 Å². The third-order valence-electron chi connectivity index (χ3n) is 15.4. The van der Waals surface area contributed by atoms with Crippen molar-refractivity contribution in [3.63, 3.8) is 0 Å². The standard InChI is InChI=1S/C27H42O7Si.C23H38O5Si.C14H28O2Si2.CH4/c1-17-10-9-11-22-23(33-27(5,6)32-22)13-12-20(34-35(7,8)26(2,3)4)15-18-14-19(28)16-21(29)24(18)25(30)31-17;1-17-11-9-13-19-20(27-23(5,6)26-19)16-15-18(12-10-14-21(24)25-17)28-29(7,8)22(2,3)4;1-14(2)10-12(15-17(3,4)5)9-13(11-14)16-18(6,7)8;/h9,11,14,16-17,20,22-23,28-29H,10,12-13,15H2,1-8H3;9,13,17-20H,11-12,15-16H2,1-8H3;9-10H,11H2,1-8H3;1H4/b11-9+;13-9+;;/t17-,20?,22+,23-;17-,18?,19+,20-;;/m00../s1. The zero-order valence-electron chi connectivity index (χ0n) is 54.9. The Bertz CT molecular complexity index is 2510. The summed E-state index contributed by atoms with van der Waals surface area (Å²) in [6, 6.07) is 2.70. The normalized spacial score (nSPS) is 27.9. The molecule has 0 amide bonds. The quantitative estimate of drug-likeness (QED) is 0.0830. The number of cyclic esters (lactones) is 2. The predicted octanol–water partition coefficient (Wildman–Crippen LogP) is 16.3. The maximum Gasteiger partial charge on any atom is 0.384 e. The largest absolute Gasteiger partial charge is 0.547 e. The van der Waals surface area contributed by atoms with Gasteiger partial charge in [0.05, 0.1) is 24.1 Å². The summed E-state index contributed by atoms with van der Waals surface area (Å²) in [5.41, 5.74) is 0.717. The number of phenols is 2. The summed E-state index contributed by atoms with van der Waals surface area (Å²) < 4.78 is 61.3. The van der Waals surface area contributed by atoms with Crippen molar-refractivity contribution in [2.24, 2.45) is 5.41 Å². The number of phenolic OH excluding ortho intramolecular Hbond substituents is 2. The van der Waals surface area contributed by atoms with E-state index in [1.807, 2.05) is 65.8 Å². The first-order valence-electron chi connectivity index (χ1n) is 29.9. The van der Waals surface area contributed by atoms with E-state index in [9.17, 15) is 19.8 Å². The van der Waals surface area contributed by atoms with Crippen molar-refractivity contribution in [3.8, 4) is 23.3 Å². The first kappa shape index (κ1) is 73.8. The van der Waals surface area contributed by atoms with Crippen LogP contribution in [-0.2, 0) is 57.3 Å². The highest BCUT2D eigenvalue weighted by atomic mass is 28.4. The molecule has 2 fully saturated rings. The minimum absolute atomic E-state index is 0. The monoisotopic (exact) mass is 1230 g/mol. The minimum atomic E-state index is -2.17. The first-order valence-corrected chi connectivity index (χ1v) is 42.5. The number of hydrogen-bond acceptors (Lipinski definition) is 14. The maximum absolute atomic E-state index is 13.1. The van der Waals surface area contributed by atoms with Gasteiger partial charge in [0.25, 0.3) is 0 Å². The van der Waals surface area contributed by atoms with Crippen LogP contribution >= 0.6 is 0 Å². The minimum Gasteiger partial charge on any atom is -0.547 e. The van der Waals surface area contributed by atoms with E-state index in [1.54, 1.807) is 0 Å². The molecule has 2 unspecified atom stereocenters. The summed E-state index contributed by atoms with van der Waals surface area (Å²) in [4.78, 5) is 25.1. The maximum atomic E-state index is 13.1. The highest BCUT2D eigenvalue weighted by Crippen LogP contribution is 2.42. The van der Waals surface area contributed by atoms with E-state index in [1.165, 1.54) is 12.1 Å². The highest BCUT2D eigenvalue weighted by Gasteiger charge is 2.44. The van der Waals surface area contributed by atoms with Gasteiger partial charge in [-0.1, -0.05) is 93.0 Å². The number of carbonyl (C=O) groups is 2. The van der Waals surface area contributed by atoms with Gasteiger partial charge in [0.15, 0.2) is 28.2 Å². The Morgan fingerprint density at radius 1 is 0.639 bits per heavy atom. The van der Waals surface area contributed by atoms with Crippen LogP contribution in [0, 0.1) is 17.3 Å². The summed E-state index contributed by atoms with van der Waals surface area (Å²) in [7, 11) is -7.21. The molecule has 2 saturated heterocycles. The van der Waals surface area contributed by atoms with Crippen LogP contribution in [0.4, 0.5) is 0 Å². The average Bonchev–Trinajstić information content (AvgIpc) is 3.94. The van der Waals surface area contributed by atoms with E-state index in [-0.39, 0.29) is 82.7 Å². The number of benzene rings is 1. The average molecular weight is 1230 g/mol. The molecule has 0 spiro atoms. The highest BCUT2D eigenvalue weighted by molar-refractivity contribution is 6.74. The second-order valence-corrected chi connectivity index (χ2v) is 48.0. The topological polar surface area (TPSA) is 167 Å². The van der Waals surface area contributed by atoms with Crippen molar-refractivity contribution in [3.05, 3.63) is 71.2 Å². The van der Waals surface area contributed by atoms with Crippen LogP contribution in [0.1, 0.15) is 172 Å². The van der Waals surface area contributed by atoms with E-state index in [2.05, 4.69) is 145 Å². The molecule has 83 heavy (non-hydrogen) atoms. The molecule has 0 bridgehead atoms. The Morgan fingerprint density at radius 3 is 1.59 bits per heavy atom. The molecule has 14 nitrogen and oxygen atoms in total. The molecule has 0 saturated carbocycles. The van der Waals surface area contributed by atoms with Gasteiger partial charge in [-0.2, -0.15) is 0 Å². The van der Waals surface area contributed by atoms with Gasteiger partial charge in [-0.05, 0) is 172 Å². The molecule has 1 aromatic carbocycles. The molecular weight excluding hydrogens is 1120 g/mol. The summed E-state index contributed by atoms with van der Waals surface area (Å²) in [6.45, 7) is 51.3. The molecule has 6 rings (SSSR count). The van der Waals surface area contributed by atoms with Crippen LogP contribution in [-0.4, -0.2) is 116 Å². The third-order valence-corrected chi connectivity index (χ3v) is 26.2. The Kier molecular flexibility index (Phi) is 25.8. The molecule has 1 aromatic rings. The molecule has 2 N–H and O–H groups in total. The molecular formula is C65H112O14Si4. The summed E-state index contributed by atoms with van der Waals surface area (Å²) >= 11 is 0. The number of aromatic hydroxyl groups is 2. The van der Waals surface area contributed by atoms with Crippen molar-refractivity contribution in [1.29, 1.82) is 0 Å². The number of rotatable bonds is 8. The summed E-state index contributed by atoms with van der Waals surface area (Å²) in [6.07, 6.45) is 16.9. The number of carbonyl (C=O) groups excluding carboxylic acids is 2. The molecule has 5 aliphatic rings. The van der Waals surface area contributed by atoms with Crippen LogP contribution in [0.15, 0.2) is 60.1 Å². The number of allylic oxidation sites excluding steroid dienone is 3. The van der Waals surface area contributed by atoms with Crippen molar-refractivity contribution in [1.82, 2.24) is 0 Å². The smallest absolute Gasteiger partial charge is 0.384 e. The van der Waals surface area contributed by atoms with Gasteiger partial charge < -0.3 is 56.3 Å².